The van der Waals surface area contributed by atoms with Gasteiger partial charge in [-0.25, -0.2) is 13.2 Å². The number of halogens is 4. The molecule has 0 saturated heterocycles. The Balaban J connectivity index is 2.96. The molecule has 0 aliphatic carbocycles. The van der Waals surface area contributed by atoms with Crippen molar-refractivity contribution < 1.29 is 13.2 Å². The highest BCUT2D eigenvalue weighted by Crippen LogP contribution is 2.26. The van der Waals surface area contributed by atoms with Crippen LogP contribution in [0.3, 0.4) is 0 Å². The van der Waals surface area contributed by atoms with Crippen LogP contribution in [0.5, 0.6) is 0 Å². The van der Waals surface area contributed by atoms with Crippen LogP contribution in [0.15, 0.2) is 21.4 Å². The molecule has 6 heteroatoms. The van der Waals surface area contributed by atoms with Crippen molar-refractivity contribution in [1.82, 2.24) is 4.98 Å². The molecule has 17 heavy (non-hydrogen) atoms. The molecule has 0 amide bonds. The van der Waals surface area contributed by atoms with E-state index in [1.54, 1.807) is 6.92 Å². The zero-order valence-corrected chi connectivity index (χ0v) is 10.2. The number of hydrogen-bond acceptors (Lipinski definition) is 1. The summed E-state index contributed by atoms with van der Waals surface area (Å²) in [4.78, 5) is 14.0. The minimum atomic E-state index is -2.79. The van der Waals surface area contributed by atoms with E-state index >= 15 is 0 Å². The van der Waals surface area contributed by atoms with Gasteiger partial charge in [-0.1, -0.05) is 0 Å². The molecule has 0 saturated carbocycles. The van der Waals surface area contributed by atoms with E-state index in [9.17, 15) is 18.0 Å². The number of nitrogens with one attached hydrogen (secondary N) is 1. The van der Waals surface area contributed by atoms with Gasteiger partial charge in [-0.3, -0.25) is 4.79 Å². The van der Waals surface area contributed by atoms with Crippen LogP contribution in [0.4, 0.5) is 13.2 Å². The predicted octanol–water partition coefficient (Wildman–Crippen LogP) is 3.68. The van der Waals surface area contributed by atoms with Crippen LogP contribution >= 0.6 is 15.9 Å². The number of alkyl halides is 2. The summed E-state index contributed by atoms with van der Waals surface area (Å²) in [6.07, 6.45) is -2.79. The summed E-state index contributed by atoms with van der Waals surface area (Å²) >= 11 is 2.97. The SMILES string of the molecule is Cc1cc(Br)c(F)c2c(=O)cc(C(F)F)[nH]c12. The van der Waals surface area contributed by atoms with Crippen molar-refractivity contribution in [2.24, 2.45) is 0 Å². The van der Waals surface area contributed by atoms with Crippen molar-refractivity contribution in [3.63, 3.8) is 0 Å². The molecule has 0 bridgehead atoms. The molecule has 0 fully saturated rings. The average molecular weight is 306 g/mol. The molecule has 1 N–H and O–H groups in total. The van der Waals surface area contributed by atoms with Gasteiger partial charge in [0.05, 0.1) is 21.1 Å². The normalized spacial score (nSPS) is 11.4. The number of fused-ring (bicyclic) bond motifs is 1. The molecule has 2 aromatic rings. The van der Waals surface area contributed by atoms with E-state index in [0.29, 0.717) is 5.56 Å². The molecule has 2 rings (SSSR count). The highest BCUT2D eigenvalue weighted by Gasteiger charge is 2.16. The third kappa shape index (κ3) is 1.97. The standard InChI is InChI=1S/C11H7BrF3NO/c1-4-2-5(12)9(13)8-7(17)3-6(11(14)15)16-10(4)8/h2-3,11H,1H3,(H,16,17). The average Bonchev–Trinajstić information content (AvgIpc) is 2.25. The molecule has 2 nitrogen and oxygen atoms in total. The summed E-state index contributed by atoms with van der Waals surface area (Å²) in [5.41, 5.74) is -0.635. The molecule has 0 atom stereocenters. The number of aryl methyl sites for hydroxylation is 1. The summed E-state index contributed by atoms with van der Waals surface area (Å²) in [6.45, 7) is 1.61. The van der Waals surface area contributed by atoms with Gasteiger partial charge in [0.25, 0.3) is 6.43 Å². The lowest BCUT2D eigenvalue weighted by Crippen LogP contribution is -2.08. The first kappa shape index (κ1) is 12.2. The monoisotopic (exact) mass is 305 g/mol. The minimum absolute atomic E-state index is 0.105. The van der Waals surface area contributed by atoms with E-state index in [0.717, 1.165) is 6.07 Å². The van der Waals surface area contributed by atoms with Gasteiger partial charge >= 0.3 is 0 Å². The fraction of sp³-hybridized carbons (Fsp3) is 0.182. The first-order valence-electron chi connectivity index (χ1n) is 4.71. The zero-order chi connectivity index (χ0) is 12.7. The molecule has 90 valence electrons. The van der Waals surface area contributed by atoms with Gasteiger partial charge < -0.3 is 4.98 Å². The van der Waals surface area contributed by atoms with Crippen LogP contribution in [0, 0.1) is 12.7 Å². The molecule has 0 spiro atoms. The number of rotatable bonds is 1. The minimum Gasteiger partial charge on any atom is -0.353 e. The first-order chi connectivity index (χ1) is 7.91. The van der Waals surface area contributed by atoms with Gasteiger partial charge in [0.15, 0.2) is 11.2 Å². The molecule has 0 aliphatic rings. The van der Waals surface area contributed by atoms with Crippen LogP contribution in [-0.2, 0) is 0 Å². The second-order valence-electron chi connectivity index (χ2n) is 3.63. The predicted molar refractivity (Wildman–Crippen MR) is 61.9 cm³/mol. The maximum Gasteiger partial charge on any atom is 0.278 e. The lowest BCUT2D eigenvalue weighted by Gasteiger charge is -2.08. The fourth-order valence-electron chi connectivity index (χ4n) is 1.66. The molecule has 1 aromatic heterocycles. The van der Waals surface area contributed by atoms with Crippen molar-refractivity contribution >= 4 is 26.8 Å². The van der Waals surface area contributed by atoms with Gasteiger partial charge in [0.2, 0.25) is 0 Å². The lowest BCUT2D eigenvalue weighted by atomic mass is 10.1. The molecular weight excluding hydrogens is 299 g/mol. The Labute approximate surface area is 103 Å². The molecule has 1 aromatic carbocycles. The van der Waals surface area contributed by atoms with Gasteiger partial charge in [-0.15, -0.1) is 0 Å². The lowest BCUT2D eigenvalue weighted by molar-refractivity contribution is 0.146. The Morgan fingerprint density at radius 1 is 1.35 bits per heavy atom. The second kappa shape index (κ2) is 4.18. The van der Waals surface area contributed by atoms with Crippen molar-refractivity contribution in [1.29, 1.82) is 0 Å². The summed E-state index contributed by atoms with van der Waals surface area (Å²) < 4.78 is 38.9. The Morgan fingerprint density at radius 2 is 2.00 bits per heavy atom. The van der Waals surface area contributed by atoms with Crippen molar-refractivity contribution in [2.45, 2.75) is 13.3 Å². The third-order valence-electron chi connectivity index (χ3n) is 2.45. The molecule has 0 unspecified atom stereocenters. The number of H-pyrrole nitrogens is 1. The quantitative estimate of drug-likeness (QED) is 0.856. The van der Waals surface area contributed by atoms with Crippen molar-refractivity contribution in [2.75, 3.05) is 0 Å². The maximum absolute atomic E-state index is 13.7. The smallest absolute Gasteiger partial charge is 0.278 e. The van der Waals surface area contributed by atoms with Gasteiger partial charge in [0.1, 0.15) is 0 Å². The van der Waals surface area contributed by atoms with Crippen molar-refractivity contribution in [3.05, 3.63) is 43.9 Å². The Bertz CT molecular complexity index is 651. The van der Waals surface area contributed by atoms with Crippen LogP contribution in [0.1, 0.15) is 17.7 Å². The van der Waals surface area contributed by atoms with E-state index in [-0.39, 0.29) is 15.4 Å². The summed E-state index contributed by atoms with van der Waals surface area (Å²) in [6, 6.07) is 2.16. The third-order valence-corrected chi connectivity index (χ3v) is 3.03. The van der Waals surface area contributed by atoms with Gasteiger partial charge in [-0.2, -0.15) is 0 Å². The second-order valence-corrected chi connectivity index (χ2v) is 4.48. The topological polar surface area (TPSA) is 32.9 Å². The highest BCUT2D eigenvalue weighted by atomic mass is 79.9. The number of pyridine rings is 1. The zero-order valence-electron chi connectivity index (χ0n) is 8.65. The number of benzene rings is 1. The van der Waals surface area contributed by atoms with E-state index < -0.39 is 23.4 Å². The Kier molecular flexibility index (Phi) is 2.99. The van der Waals surface area contributed by atoms with Crippen LogP contribution in [-0.4, -0.2) is 4.98 Å². The molecule has 0 radical (unpaired) electrons. The number of aromatic nitrogens is 1. The maximum atomic E-state index is 13.7. The molecule has 0 aliphatic heterocycles. The Morgan fingerprint density at radius 3 is 2.59 bits per heavy atom. The Hall–Kier alpha value is -1.30. The van der Waals surface area contributed by atoms with Crippen LogP contribution in [0.2, 0.25) is 0 Å². The summed E-state index contributed by atoms with van der Waals surface area (Å²) in [7, 11) is 0. The van der Waals surface area contributed by atoms with Crippen LogP contribution in [0.25, 0.3) is 10.9 Å². The highest BCUT2D eigenvalue weighted by molar-refractivity contribution is 9.10. The van der Waals surface area contributed by atoms with Gasteiger partial charge in [-0.05, 0) is 34.5 Å². The summed E-state index contributed by atoms with van der Waals surface area (Å²) in [5.74, 6) is -0.743. The molecular formula is C11H7BrF3NO. The van der Waals surface area contributed by atoms with E-state index in [4.69, 9.17) is 0 Å². The van der Waals surface area contributed by atoms with E-state index in [2.05, 4.69) is 20.9 Å². The number of aromatic amines is 1. The molecule has 1 heterocycles. The van der Waals surface area contributed by atoms with Gasteiger partial charge in [0, 0.05) is 6.07 Å². The largest absolute Gasteiger partial charge is 0.353 e. The van der Waals surface area contributed by atoms with Crippen molar-refractivity contribution in [3.8, 4) is 0 Å². The fourth-order valence-corrected chi connectivity index (χ4v) is 2.20. The van der Waals surface area contributed by atoms with E-state index in [1.807, 2.05) is 0 Å². The van der Waals surface area contributed by atoms with E-state index in [1.165, 1.54) is 6.07 Å². The number of hydrogen-bond donors (Lipinski definition) is 1. The first-order valence-corrected chi connectivity index (χ1v) is 5.50. The summed E-state index contributed by atoms with van der Waals surface area (Å²) in [5, 5.41) is -0.207. The van der Waals surface area contributed by atoms with Crippen LogP contribution < -0.4 is 5.43 Å².